The van der Waals surface area contributed by atoms with Gasteiger partial charge in [0.1, 0.15) is 0 Å². The number of urea groups is 1. The summed E-state index contributed by atoms with van der Waals surface area (Å²) in [7, 11) is 0. The summed E-state index contributed by atoms with van der Waals surface area (Å²) in [4.78, 5) is 14.2. The maximum Gasteiger partial charge on any atom is 0.322 e. The molecule has 0 atom stereocenters. The molecule has 0 saturated heterocycles. The molecule has 0 radical (unpaired) electrons. The van der Waals surface area contributed by atoms with Crippen LogP contribution in [0.2, 0.25) is 0 Å². The molecule has 1 aliphatic carbocycles. The van der Waals surface area contributed by atoms with E-state index in [-0.39, 0.29) is 6.03 Å². The Morgan fingerprint density at radius 1 is 1.26 bits per heavy atom. The topological polar surface area (TPSA) is 58.4 Å². The van der Waals surface area contributed by atoms with E-state index in [0.717, 1.165) is 37.2 Å². The number of amides is 2. The zero-order valence-corrected chi connectivity index (χ0v) is 11.2. The van der Waals surface area contributed by atoms with Gasteiger partial charge in [0.15, 0.2) is 0 Å². The van der Waals surface area contributed by atoms with E-state index in [0.29, 0.717) is 6.04 Å². The third-order valence-corrected chi connectivity index (χ3v) is 4.18. The van der Waals surface area contributed by atoms with Gasteiger partial charge in [0.05, 0.1) is 0 Å². The van der Waals surface area contributed by atoms with Crippen LogP contribution in [0.4, 0.5) is 16.2 Å². The molecule has 1 fully saturated rings. The molecule has 0 aromatic heterocycles. The number of fused-ring (bicyclic) bond motifs is 1. The maximum absolute atomic E-state index is 12.3. The summed E-state index contributed by atoms with van der Waals surface area (Å²) in [5.74, 6) is 0. The molecule has 0 spiro atoms. The molecule has 1 aliphatic heterocycles. The molecule has 19 heavy (non-hydrogen) atoms. The molecule has 0 bridgehead atoms. The fourth-order valence-electron chi connectivity index (χ4n) is 3.13. The molecule has 102 valence electrons. The standard InChI is InChI=1S/C15H21N3O/c16-12-6-7-14-11(10-12)8-9-18(14)15(19)17-13-4-2-1-3-5-13/h6-7,10,13H,1-5,8-9,16H2,(H,17,19). The Morgan fingerprint density at radius 2 is 2.05 bits per heavy atom. The van der Waals surface area contributed by atoms with Crippen LogP contribution >= 0.6 is 0 Å². The lowest BCUT2D eigenvalue weighted by atomic mass is 9.96. The summed E-state index contributed by atoms with van der Waals surface area (Å²) in [6.07, 6.45) is 6.91. The number of hydrogen-bond acceptors (Lipinski definition) is 2. The number of nitrogen functional groups attached to an aromatic ring is 1. The molecule has 1 aromatic rings. The van der Waals surface area contributed by atoms with Gasteiger partial charge in [-0.1, -0.05) is 19.3 Å². The van der Waals surface area contributed by atoms with Crippen molar-refractivity contribution in [3.8, 4) is 0 Å². The Labute approximate surface area is 114 Å². The van der Waals surface area contributed by atoms with Crippen molar-refractivity contribution in [3.63, 3.8) is 0 Å². The van der Waals surface area contributed by atoms with Crippen LogP contribution in [0.25, 0.3) is 0 Å². The first-order valence-corrected chi connectivity index (χ1v) is 7.20. The molecule has 1 saturated carbocycles. The fourth-order valence-corrected chi connectivity index (χ4v) is 3.13. The normalized spacial score (nSPS) is 19.3. The SMILES string of the molecule is Nc1ccc2c(c1)CCN2C(=O)NC1CCCCC1. The highest BCUT2D eigenvalue weighted by Crippen LogP contribution is 2.30. The highest BCUT2D eigenvalue weighted by molar-refractivity contribution is 5.94. The van der Waals surface area contributed by atoms with Crippen LogP contribution in [-0.4, -0.2) is 18.6 Å². The summed E-state index contributed by atoms with van der Waals surface area (Å²) in [6, 6.07) is 6.21. The molecule has 3 rings (SSSR count). The third kappa shape index (κ3) is 2.53. The lowest BCUT2D eigenvalue weighted by Crippen LogP contribution is -2.45. The molecular formula is C15H21N3O. The summed E-state index contributed by atoms with van der Waals surface area (Å²) >= 11 is 0. The largest absolute Gasteiger partial charge is 0.399 e. The Kier molecular flexibility index (Phi) is 3.32. The van der Waals surface area contributed by atoms with Gasteiger partial charge in [-0.25, -0.2) is 4.79 Å². The number of nitrogens with one attached hydrogen (secondary N) is 1. The van der Waals surface area contributed by atoms with Crippen LogP contribution in [-0.2, 0) is 6.42 Å². The van der Waals surface area contributed by atoms with Crippen molar-refractivity contribution < 1.29 is 4.79 Å². The molecule has 2 aliphatic rings. The van der Waals surface area contributed by atoms with Gasteiger partial charge in [-0.15, -0.1) is 0 Å². The minimum atomic E-state index is 0.0513. The number of carbonyl (C=O) groups excluding carboxylic acids is 1. The molecule has 3 N–H and O–H groups in total. The summed E-state index contributed by atoms with van der Waals surface area (Å²) < 4.78 is 0. The Morgan fingerprint density at radius 3 is 2.84 bits per heavy atom. The second-order valence-electron chi connectivity index (χ2n) is 5.57. The lowest BCUT2D eigenvalue weighted by molar-refractivity contribution is 0.238. The van der Waals surface area contributed by atoms with Crippen molar-refractivity contribution in [1.29, 1.82) is 0 Å². The zero-order chi connectivity index (χ0) is 13.2. The van der Waals surface area contributed by atoms with E-state index < -0.39 is 0 Å². The average Bonchev–Trinajstić information content (AvgIpc) is 2.82. The van der Waals surface area contributed by atoms with Gasteiger partial charge in [-0.2, -0.15) is 0 Å². The quantitative estimate of drug-likeness (QED) is 0.762. The van der Waals surface area contributed by atoms with Crippen LogP contribution in [0.5, 0.6) is 0 Å². The van der Waals surface area contributed by atoms with Crippen molar-refractivity contribution in [2.75, 3.05) is 17.2 Å². The van der Waals surface area contributed by atoms with Crippen molar-refractivity contribution in [2.45, 2.75) is 44.6 Å². The summed E-state index contributed by atoms with van der Waals surface area (Å²) in [6.45, 7) is 0.761. The highest BCUT2D eigenvalue weighted by atomic mass is 16.2. The first-order valence-electron chi connectivity index (χ1n) is 7.20. The second kappa shape index (κ2) is 5.11. The number of anilines is 2. The molecule has 2 amide bonds. The van der Waals surface area contributed by atoms with Gasteiger partial charge < -0.3 is 11.1 Å². The smallest absolute Gasteiger partial charge is 0.322 e. The number of rotatable bonds is 1. The van der Waals surface area contributed by atoms with Crippen molar-refractivity contribution >= 4 is 17.4 Å². The van der Waals surface area contributed by atoms with Gasteiger partial charge in [-0.05, 0) is 43.0 Å². The van der Waals surface area contributed by atoms with Crippen molar-refractivity contribution in [1.82, 2.24) is 5.32 Å². The number of nitrogens with zero attached hydrogens (tertiary/aromatic N) is 1. The summed E-state index contributed by atoms with van der Waals surface area (Å²) in [5, 5.41) is 3.17. The van der Waals surface area contributed by atoms with Crippen LogP contribution in [0, 0.1) is 0 Å². The average molecular weight is 259 g/mol. The Bertz CT molecular complexity index is 480. The van der Waals surface area contributed by atoms with E-state index in [1.165, 1.54) is 24.8 Å². The van der Waals surface area contributed by atoms with E-state index >= 15 is 0 Å². The summed E-state index contributed by atoms with van der Waals surface area (Å²) in [5.41, 5.74) is 8.75. The number of benzene rings is 1. The molecular weight excluding hydrogens is 238 g/mol. The molecule has 4 heteroatoms. The van der Waals surface area contributed by atoms with E-state index in [1.54, 1.807) is 0 Å². The van der Waals surface area contributed by atoms with Crippen LogP contribution in [0.1, 0.15) is 37.7 Å². The lowest BCUT2D eigenvalue weighted by Gasteiger charge is -2.26. The first-order chi connectivity index (χ1) is 9.24. The van der Waals surface area contributed by atoms with Crippen LogP contribution in [0.3, 0.4) is 0 Å². The monoisotopic (exact) mass is 259 g/mol. The molecule has 1 heterocycles. The number of carbonyl (C=O) groups is 1. The third-order valence-electron chi connectivity index (χ3n) is 4.18. The predicted molar refractivity (Wildman–Crippen MR) is 77.3 cm³/mol. The predicted octanol–water partition coefficient (Wildman–Crippen LogP) is 2.67. The number of nitrogens with two attached hydrogens (primary N) is 1. The fraction of sp³-hybridized carbons (Fsp3) is 0.533. The molecule has 4 nitrogen and oxygen atoms in total. The van der Waals surface area contributed by atoms with E-state index in [4.69, 9.17) is 5.73 Å². The van der Waals surface area contributed by atoms with E-state index in [2.05, 4.69) is 5.32 Å². The Balaban J connectivity index is 1.69. The number of hydrogen-bond donors (Lipinski definition) is 2. The van der Waals surface area contributed by atoms with E-state index in [1.807, 2.05) is 23.1 Å². The Hall–Kier alpha value is -1.71. The van der Waals surface area contributed by atoms with Crippen molar-refractivity contribution in [3.05, 3.63) is 23.8 Å². The highest BCUT2D eigenvalue weighted by Gasteiger charge is 2.26. The zero-order valence-electron chi connectivity index (χ0n) is 11.2. The van der Waals surface area contributed by atoms with Crippen LogP contribution < -0.4 is 16.0 Å². The van der Waals surface area contributed by atoms with Gasteiger partial charge in [0.2, 0.25) is 0 Å². The maximum atomic E-state index is 12.3. The van der Waals surface area contributed by atoms with Gasteiger partial charge >= 0.3 is 6.03 Å². The van der Waals surface area contributed by atoms with Crippen LogP contribution in [0.15, 0.2) is 18.2 Å². The van der Waals surface area contributed by atoms with Crippen molar-refractivity contribution in [2.24, 2.45) is 0 Å². The van der Waals surface area contributed by atoms with Gasteiger partial charge in [0.25, 0.3) is 0 Å². The second-order valence-corrected chi connectivity index (χ2v) is 5.57. The molecule has 1 aromatic carbocycles. The van der Waals surface area contributed by atoms with E-state index in [9.17, 15) is 4.79 Å². The van der Waals surface area contributed by atoms with Gasteiger partial charge in [0, 0.05) is 24.0 Å². The molecule has 0 unspecified atom stereocenters. The minimum Gasteiger partial charge on any atom is -0.399 e. The minimum absolute atomic E-state index is 0.0513. The first kappa shape index (κ1) is 12.3. The van der Waals surface area contributed by atoms with Gasteiger partial charge in [-0.3, -0.25) is 4.90 Å².